The normalized spacial score (nSPS) is 52.0. The summed E-state index contributed by atoms with van der Waals surface area (Å²) >= 11 is 0. The van der Waals surface area contributed by atoms with Crippen LogP contribution >= 0.6 is 0 Å². The predicted molar refractivity (Wildman–Crippen MR) is 93.7 cm³/mol. The van der Waals surface area contributed by atoms with E-state index < -0.39 is 17.6 Å². The summed E-state index contributed by atoms with van der Waals surface area (Å²) in [7, 11) is 0. The zero-order valence-corrected chi connectivity index (χ0v) is 15.5. The quantitative estimate of drug-likeness (QED) is 0.765. The number of fused-ring (bicyclic) bond motifs is 5. The Labute approximate surface area is 149 Å². The first-order chi connectivity index (χ1) is 11.7. The number of aliphatic hydroxyl groups excluding tert-OH is 2. The third-order valence-corrected chi connectivity index (χ3v) is 8.55. The lowest BCUT2D eigenvalue weighted by molar-refractivity contribution is -0.157. The number of hydrogen-bond donors (Lipinski definition) is 2. The van der Waals surface area contributed by atoms with E-state index in [2.05, 4.69) is 6.92 Å². The van der Waals surface area contributed by atoms with E-state index in [0.717, 1.165) is 19.3 Å². The lowest BCUT2D eigenvalue weighted by Gasteiger charge is -2.59. The van der Waals surface area contributed by atoms with Gasteiger partial charge >= 0.3 is 0 Å². The van der Waals surface area contributed by atoms with Gasteiger partial charge in [-0.25, -0.2) is 0 Å². The lowest BCUT2D eigenvalue weighted by atomic mass is 9.45. The Kier molecular flexibility index (Phi) is 3.83. The Hall–Kier alpha value is -1.00. The molecule has 4 nitrogen and oxygen atoms in total. The van der Waals surface area contributed by atoms with E-state index in [4.69, 9.17) is 0 Å². The maximum absolute atomic E-state index is 12.2. The van der Waals surface area contributed by atoms with Gasteiger partial charge in [-0.1, -0.05) is 19.4 Å². The molecule has 0 amide bonds. The van der Waals surface area contributed by atoms with Gasteiger partial charge in [0.2, 0.25) is 0 Å². The van der Waals surface area contributed by atoms with Crippen LogP contribution in [0.1, 0.15) is 59.3 Å². The molecule has 3 saturated carbocycles. The molecule has 0 unspecified atom stereocenters. The highest BCUT2D eigenvalue weighted by Gasteiger charge is 2.65. The first kappa shape index (κ1) is 17.4. The molecule has 3 fully saturated rings. The molecule has 0 radical (unpaired) electrons. The van der Waals surface area contributed by atoms with E-state index in [1.165, 1.54) is 5.57 Å². The summed E-state index contributed by atoms with van der Waals surface area (Å²) in [5, 5.41) is 22.0. The predicted octanol–water partition coefficient (Wildman–Crippen LogP) is 2.67. The molecule has 0 spiro atoms. The van der Waals surface area contributed by atoms with E-state index >= 15 is 0 Å². The second kappa shape index (κ2) is 5.50. The molecule has 0 aromatic rings. The van der Waals surface area contributed by atoms with E-state index in [-0.39, 0.29) is 34.7 Å². The van der Waals surface area contributed by atoms with Crippen LogP contribution in [0.2, 0.25) is 0 Å². The number of hydrogen-bond acceptors (Lipinski definition) is 4. The average Bonchev–Trinajstić information content (AvgIpc) is 2.82. The molecular formula is C21H30O4. The number of Topliss-reactive ketones (excluding diaryl/α,β-unsaturated/α-hetero) is 1. The zero-order valence-electron chi connectivity index (χ0n) is 15.5. The van der Waals surface area contributed by atoms with Gasteiger partial charge < -0.3 is 10.2 Å². The number of carbonyl (C=O) groups is 2. The van der Waals surface area contributed by atoms with Crippen LogP contribution in [0.3, 0.4) is 0 Å². The lowest BCUT2D eigenvalue weighted by Crippen LogP contribution is -2.58. The summed E-state index contributed by atoms with van der Waals surface area (Å²) in [4.78, 5) is 24.1. The highest BCUT2D eigenvalue weighted by Crippen LogP contribution is 2.66. The standard InChI is InChI=1S/C21H30O4/c1-11(22)15-9-17(24)19-14-5-4-12-8-13(23)6-7-20(12,2)16(14)10-18(25)21(15,19)3/h8,14-19,24-25H,4-7,9-10H2,1-3H3/t14-,15+,16-,17-,18+,19+,20+,21+/m1/s1. The summed E-state index contributed by atoms with van der Waals surface area (Å²) in [6.07, 6.45) is 5.21. The van der Waals surface area contributed by atoms with Gasteiger partial charge in [0, 0.05) is 17.8 Å². The maximum Gasteiger partial charge on any atom is 0.155 e. The highest BCUT2D eigenvalue weighted by atomic mass is 16.3. The fraction of sp³-hybridized carbons (Fsp3) is 0.810. The number of allylic oxidation sites excluding steroid dienone is 1. The van der Waals surface area contributed by atoms with Crippen LogP contribution in [-0.4, -0.2) is 34.0 Å². The Balaban J connectivity index is 1.75. The smallest absolute Gasteiger partial charge is 0.155 e. The topological polar surface area (TPSA) is 74.6 Å². The monoisotopic (exact) mass is 346 g/mol. The van der Waals surface area contributed by atoms with Crippen molar-refractivity contribution >= 4 is 11.6 Å². The molecule has 2 N–H and O–H groups in total. The maximum atomic E-state index is 12.2. The van der Waals surface area contributed by atoms with Crippen LogP contribution in [0.15, 0.2) is 11.6 Å². The fourth-order valence-electron chi connectivity index (χ4n) is 7.20. The molecule has 0 bridgehead atoms. The molecule has 4 heteroatoms. The van der Waals surface area contributed by atoms with E-state index in [1.54, 1.807) is 6.92 Å². The third-order valence-electron chi connectivity index (χ3n) is 8.55. The Bertz CT molecular complexity index is 652. The Morgan fingerprint density at radius 3 is 2.60 bits per heavy atom. The first-order valence-electron chi connectivity index (χ1n) is 9.80. The van der Waals surface area contributed by atoms with Crippen molar-refractivity contribution in [3.8, 4) is 0 Å². The minimum Gasteiger partial charge on any atom is -0.393 e. The van der Waals surface area contributed by atoms with Crippen LogP contribution in [0.25, 0.3) is 0 Å². The largest absolute Gasteiger partial charge is 0.393 e. The zero-order chi connectivity index (χ0) is 18.1. The van der Waals surface area contributed by atoms with Gasteiger partial charge in [0.1, 0.15) is 5.78 Å². The fourth-order valence-corrected chi connectivity index (χ4v) is 7.20. The minimum absolute atomic E-state index is 0.0221. The van der Waals surface area contributed by atoms with Crippen molar-refractivity contribution in [2.24, 2.45) is 34.5 Å². The summed E-state index contributed by atoms with van der Waals surface area (Å²) in [6, 6.07) is 0. The third kappa shape index (κ3) is 2.19. The SMILES string of the molecule is CC(=O)[C@@H]1C[C@@H](O)[C@@H]2[C@@H]3CCC4=CC(=O)CC[C@]4(C)[C@@H]3C[C@H](O)[C@@]21C. The van der Waals surface area contributed by atoms with E-state index in [0.29, 0.717) is 25.2 Å². The van der Waals surface area contributed by atoms with Crippen molar-refractivity contribution in [1.82, 2.24) is 0 Å². The van der Waals surface area contributed by atoms with Crippen molar-refractivity contribution in [3.63, 3.8) is 0 Å². The second-order valence-corrected chi connectivity index (χ2v) is 9.47. The first-order valence-corrected chi connectivity index (χ1v) is 9.80. The van der Waals surface area contributed by atoms with Crippen molar-refractivity contribution < 1.29 is 19.8 Å². The van der Waals surface area contributed by atoms with Gasteiger partial charge in [-0.05, 0) is 68.3 Å². The van der Waals surface area contributed by atoms with Gasteiger partial charge in [-0.15, -0.1) is 0 Å². The molecule has 25 heavy (non-hydrogen) atoms. The minimum atomic E-state index is -0.571. The van der Waals surface area contributed by atoms with Crippen LogP contribution in [0, 0.1) is 34.5 Å². The summed E-state index contributed by atoms with van der Waals surface area (Å²) in [6.45, 7) is 5.87. The van der Waals surface area contributed by atoms with Crippen molar-refractivity contribution in [2.45, 2.75) is 71.5 Å². The molecule has 4 rings (SSSR count). The second-order valence-electron chi connectivity index (χ2n) is 9.47. The molecule has 0 aromatic heterocycles. The Morgan fingerprint density at radius 2 is 1.92 bits per heavy atom. The molecule has 0 aliphatic heterocycles. The van der Waals surface area contributed by atoms with Crippen molar-refractivity contribution in [3.05, 3.63) is 11.6 Å². The molecular weight excluding hydrogens is 316 g/mol. The van der Waals surface area contributed by atoms with E-state index in [9.17, 15) is 19.8 Å². The van der Waals surface area contributed by atoms with Gasteiger partial charge in [0.25, 0.3) is 0 Å². The molecule has 0 saturated heterocycles. The van der Waals surface area contributed by atoms with Gasteiger partial charge in [0.15, 0.2) is 5.78 Å². The van der Waals surface area contributed by atoms with Gasteiger partial charge in [-0.2, -0.15) is 0 Å². The highest BCUT2D eigenvalue weighted by molar-refractivity contribution is 5.91. The summed E-state index contributed by atoms with van der Waals surface area (Å²) in [5.74, 6) is 0.654. The summed E-state index contributed by atoms with van der Waals surface area (Å²) < 4.78 is 0. The number of ketones is 2. The van der Waals surface area contributed by atoms with Crippen molar-refractivity contribution in [2.75, 3.05) is 0 Å². The Morgan fingerprint density at radius 1 is 1.20 bits per heavy atom. The molecule has 4 aliphatic carbocycles. The van der Waals surface area contributed by atoms with Crippen LogP contribution in [-0.2, 0) is 9.59 Å². The van der Waals surface area contributed by atoms with Gasteiger partial charge in [0.05, 0.1) is 12.2 Å². The van der Waals surface area contributed by atoms with Gasteiger partial charge in [-0.3, -0.25) is 9.59 Å². The molecule has 0 aromatic carbocycles. The molecule has 0 heterocycles. The van der Waals surface area contributed by atoms with Crippen LogP contribution in [0.4, 0.5) is 0 Å². The molecule has 8 atom stereocenters. The molecule has 4 aliphatic rings. The van der Waals surface area contributed by atoms with Crippen LogP contribution in [0.5, 0.6) is 0 Å². The average molecular weight is 346 g/mol. The molecule has 138 valence electrons. The van der Waals surface area contributed by atoms with E-state index in [1.807, 2.05) is 13.0 Å². The summed E-state index contributed by atoms with van der Waals surface area (Å²) in [5.41, 5.74) is 0.679. The number of aliphatic hydroxyl groups is 2. The number of rotatable bonds is 1. The number of carbonyl (C=O) groups excluding carboxylic acids is 2. The van der Waals surface area contributed by atoms with Crippen LogP contribution < -0.4 is 0 Å². The van der Waals surface area contributed by atoms with Crippen molar-refractivity contribution in [1.29, 1.82) is 0 Å².